The lowest BCUT2D eigenvalue weighted by atomic mass is 10.1. The maximum Gasteiger partial charge on any atom is 0.282 e. The molecule has 0 amide bonds. The Labute approximate surface area is 166 Å². The monoisotopic (exact) mass is 386 g/mol. The largest absolute Gasteiger partial charge is 0.497 e. The van der Waals surface area contributed by atoms with Gasteiger partial charge in [0.25, 0.3) is 5.56 Å². The van der Waals surface area contributed by atoms with E-state index < -0.39 is 0 Å². The van der Waals surface area contributed by atoms with Crippen molar-refractivity contribution in [1.82, 2.24) is 14.2 Å². The predicted molar refractivity (Wildman–Crippen MR) is 110 cm³/mol. The van der Waals surface area contributed by atoms with E-state index in [2.05, 4.69) is 0 Å². The standard InChI is InChI=1S/C22H18N4O3/c1-28-15-7-5-14(6-8-15)21-19-4-3-11-25(19)13-20-23-18-10-9-16(29-2)12-17(18)22(27)26(20)24-21/h3-12H,13H2,1-2H3. The number of benzene rings is 2. The molecule has 7 heteroatoms. The van der Waals surface area contributed by atoms with Crippen molar-refractivity contribution < 1.29 is 9.47 Å². The summed E-state index contributed by atoms with van der Waals surface area (Å²) in [5, 5.41) is 5.21. The molecule has 2 aromatic carbocycles. The number of nitrogens with zero attached hydrogens (tertiary/aromatic N) is 4. The quantitative estimate of drug-likeness (QED) is 0.478. The minimum absolute atomic E-state index is 0.222. The van der Waals surface area contributed by atoms with E-state index in [1.54, 1.807) is 32.4 Å². The van der Waals surface area contributed by atoms with E-state index in [4.69, 9.17) is 19.6 Å². The zero-order valence-corrected chi connectivity index (χ0v) is 16.0. The van der Waals surface area contributed by atoms with Crippen LogP contribution in [0.25, 0.3) is 10.9 Å². The van der Waals surface area contributed by atoms with Crippen LogP contribution in [0.3, 0.4) is 0 Å². The van der Waals surface area contributed by atoms with E-state index in [0.717, 1.165) is 17.0 Å². The van der Waals surface area contributed by atoms with E-state index in [-0.39, 0.29) is 5.56 Å². The molecule has 1 aliphatic heterocycles. The van der Waals surface area contributed by atoms with E-state index in [1.165, 1.54) is 4.68 Å². The van der Waals surface area contributed by atoms with Gasteiger partial charge in [-0.1, -0.05) is 0 Å². The Kier molecular flexibility index (Phi) is 3.94. The van der Waals surface area contributed by atoms with Crippen LogP contribution in [0.4, 0.5) is 0 Å². The highest BCUT2D eigenvalue weighted by Gasteiger charge is 2.21. The second-order valence-electron chi connectivity index (χ2n) is 6.73. The normalized spacial score (nSPS) is 12.7. The molecular formula is C22H18N4O3. The molecule has 5 rings (SSSR count). The molecule has 0 aliphatic carbocycles. The summed E-state index contributed by atoms with van der Waals surface area (Å²) in [5.41, 5.74) is 2.90. The number of aromatic nitrogens is 3. The molecule has 29 heavy (non-hydrogen) atoms. The van der Waals surface area contributed by atoms with Crippen molar-refractivity contribution in [3.8, 4) is 11.5 Å². The molecule has 2 aromatic heterocycles. The van der Waals surface area contributed by atoms with Crippen LogP contribution in [-0.2, 0) is 6.54 Å². The number of hydrogen-bond acceptors (Lipinski definition) is 5. The fourth-order valence-electron chi connectivity index (χ4n) is 3.56. The van der Waals surface area contributed by atoms with Gasteiger partial charge in [0.05, 0.1) is 37.4 Å². The highest BCUT2D eigenvalue weighted by Crippen LogP contribution is 2.22. The molecule has 4 aromatic rings. The summed E-state index contributed by atoms with van der Waals surface area (Å²) in [7, 11) is 3.20. The number of rotatable bonds is 3. The molecule has 3 heterocycles. The molecule has 144 valence electrons. The Balaban J connectivity index is 1.78. The van der Waals surface area contributed by atoms with Crippen LogP contribution < -0.4 is 15.0 Å². The number of ether oxygens (including phenoxy) is 2. The van der Waals surface area contributed by atoms with E-state index in [1.807, 2.05) is 47.2 Å². The van der Waals surface area contributed by atoms with Gasteiger partial charge in [-0.2, -0.15) is 9.78 Å². The fraction of sp³-hybridized carbons (Fsp3) is 0.136. The Morgan fingerprint density at radius 2 is 1.72 bits per heavy atom. The molecule has 0 N–H and O–H groups in total. The van der Waals surface area contributed by atoms with Crippen molar-refractivity contribution in [2.24, 2.45) is 5.10 Å². The van der Waals surface area contributed by atoms with Crippen molar-refractivity contribution in [3.63, 3.8) is 0 Å². The molecule has 1 aliphatic rings. The third kappa shape index (κ3) is 2.79. The third-order valence-electron chi connectivity index (χ3n) is 5.07. The first-order chi connectivity index (χ1) is 14.2. The van der Waals surface area contributed by atoms with Gasteiger partial charge in [0.15, 0.2) is 5.82 Å². The summed E-state index contributed by atoms with van der Waals surface area (Å²) in [6.07, 6.45) is 1.97. The number of hydrogen-bond donors (Lipinski definition) is 0. The van der Waals surface area contributed by atoms with Gasteiger partial charge >= 0.3 is 0 Å². The zero-order valence-electron chi connectivity index (χ0n) is 16.0. The molecule has 0 unspecified atom stereocenters. The minimum Gasteiger partial charge on any atom is -0.497 e. The third-order valence-corrected chi connectivity index (χ3v) is 5.07. The average molecular weight is 386 g/mol. The first-order valence-corrected chi connectivity index (χ1v) is 9.16. The summed E-state index contributed by atoms with van der Waals surface area (Å²) in [5.74, 6) is 1.94. The Morgan fingerprint density at radius 1 is 0.966 bits per heavy atom. The lowest BCUT2D eigenvalue weighted by molar-refractivity contribution is 0.415. The lowest BCUT2D eigenvalue weighted by Crippen LogP contribution is -2.23. The summed E-state index contributed by atoms with van der Waals surface area (Å²) in [6.45, 7) is 0.447. The highest BCUT2D eigenvalue weighted by molar-refractivity contribution is 6.12. The second kappa shape index (κ2) is 6.63. The molecule has 0 atom stereocenters. The lowest BCUT2D eigenvalue weighted by Gasteiger charge is -2.09. The summed E-state index contributed by atoms with van der Waals surface area (Å²) in [6, 6.07) is 16.9. The van der Waals surface area contributed by atoms with Gasteiger partial charge in [-0.05, 0) is 54.6 Å². The topological polar surface area (TPSA) is 70.6 Å². The molecule has 0 radical (unpaired) electrons. The van der Waals surface area contributed by atoms with Crippen molar-refractivity contribution in [3.05, 3.63) is 88.2 Å². The first-order valence-electron chi connectivity index (χ1n) is 9.16. The van der Waals surface area contributed by atoms with Crippen LogP contribution in [0.15, 0.2) is 70.7 Å². The van der Waals surface area contributed by atoms with Crippen LogP contribution in [0.1, 0.15) is 17.1 Å². The SMILES string of the molecule is COc1ccc(C2=Nn3c(nc4ccc(OC)cc4c3=O)Cn3cccc32)cc1. The summed E-state index contributed by atoms with van der Waals surface area (Å²) in [4.78, 5) is 18.0. The Hall–Kier alpha value is -3.87. The van der Waals surface area contributed by atoms with Crippen LogP contribution in [0, 0.1) is 0 Å². The maximum atomic E-state index is 13.3. The van der Waals surface area contributed by atoms with E-state index in [9.17, 15) is 4.79 Å². The van der Waals surface area contributed by atoms with Gasteiger partial charge in [-0.25, -0.2) is 4.98 Å². The van der Waals surface area contributed by atoms with Crippen LogP contribution in [-0.4, -0.2) is 34.2 Å². The van der Waals surface area contributed by atoms with Gasteiger partial charge in [0, 0.05) is 11.8 Å². The van der Waals surface area contributed by atoms with Crippen LogP contribution in [0.2, 0.25) is 0 Å². The Morgan fingerprint density at radius 3 is 2.48 bits per heavy atom. The van der Waals surface area contributed by atoms with Gasteiger partial charge in [0.1, 0.15) is 17.2 Å². The summed E-state index contributed by atoms with van der Waals surface area (Å²) < 4.78 is 14.0. The van der Waals surface area contributed by atoms with Gasteiger partial charge in [-0.15, -0.1) is 0 Å². The Bertz CT molecular complexity index is 1320. The fourth-order valence-corrected chi connectivity index (χ4v) is 3.56. The molecule has 0 bridgehead atoms. The zero-order chi connectivity index (χ0) is 20.0. The van der Waals surface area contributed by atoms with Gasteiger partial charge < -0.3 is 14.0 Å². The van der Waals surface area contributed by atoms with Crippen molar-refractivity contribution in [1.29, 1.82) is 0 Å². The molecule has 0 saturated carbocycles. The smallest absolute Gasteiger partial charge is 0.282 e. The number of methoxy groups -OCH3 is 2. The van der Waals surface area contributed by atoms with Crippen molar-refractivity contribution >= 4 is 16.6 Å². The van der Waals surface area contributed by atoms with Crippen molar-refractivity contribution in [2.45, 2.75) is 6.54 Å². The molecular weight excluding hydrogens is 368 g/mol. The summed E-state index contributed by atoms with van der Waals surface area (Å²) >= 11 is 0. The molecule has 7 nitrogen and oxygen atoms in total. The van der Waals surface area contributed by atoms with Crippen LogP contribution >= 0.6 is 0 Å². The molecule has 0 saturated heterocycles. The van der Waals surface area contributed by atoms with Gasteiger partial charge in [0.2, 0.25) is 0 Å². The van der Waals surface area contributed by atoms with E-state index >= 15 is 0 Å². The second-order valence-corrected chi connectivity index (χ2v) is 6.73. The molecule has 0 spiro atoms. The maximum absolute atomic E-state index is 13.3. The van der Waals surface area contributed by atoms with E-state index in [0.29, 0.717) is 34.7 Å². The van der Waals surface area contributed by atoms with Crippen LogP contribution in [0.5, 0.6) is 11.5 Å². The minimum atomic E-state index is -0.222. The average Bonchev–Trinajstić information content (AvgIpc) is 3.15. The highest BCUT2D eigenvalue weighted by atomic mass is 16.5. The number of fused-ring (bicyclic) bond motifs is 3. The van der Waals surface area contributed by atoms with Gasteiger partial charge in [-0.3, -0.25) is 4.79 Å². The van der Waals surface area contributed by atoms with Crippen molar-refractivity contribution in [2.75, 3.05) is 14.2 Å². The molecule has 0 fully saturated rings. The first kappa shape index (κ1) is 17.2. The predicted octanol–water partition coefficient (Wildman–Crippen LogP) is 2.88.